The van der Waals surface area contributed by atoms with Crippen molar-refractivity contribution in [2.24, 2.45) is 16.3 Å². The van der Waals surface area contributed by atoms with E-state index in [0.29, 0.717) is 16.4 Å². The van der Waals surface area contributed by atoms with Gasteiger partial charge in [-0.25, -0.2) is 4.99 Å². The first-order chi connectivity index (χ1) is 10.1. The average Bonchev–Trinajstić information content (AvgIpc) is 2.47. The van der Waals surface area contributed by atoms with Crippen LogP contribution in [0.2, 0.25) is 0 Å². The molecule has 1 N–H and O–H groups in total. The quantitative estimate of drug-likeness (QED) is 0.806. The minimum Gasteiger partial charge on any atom is -0.313 e. The molecule has 21 heavy (non-hydrogen) atoms. The van der Waals surface area contributed by atoms with Crippen molar-refractivity contribution in [3.05, 3.63) is 10.6 Å². The van der Waals surface area contributed by atoms with Crippen molar-refractivity contribution in [1.82, 2.24) is 5.32 Å². The highest BCUT2D eigenvalue weighted by Gasteiger charge is 2.49. The topological polar surface area (TPSA) is 89.0 Å². The van der Waals surface area contributed by atoms with Crippen LogP contribution in [0.5, 0.6) is 0 Å². The Kier molecular flexibility index (Phi) is 4.69. The minimum absolute atomic E-state index is 0.235. The van der Waals surface area contributed by atoms with Crippen LogP contribution in [0.4, 0.5) is 0 Å². The Morgan fingerprint density at radius 1 is 1.38 bits per heavy atom. The molecule has 1 saturated carbocycles. The number of nitrogens with one attached hydrogen (secondary N) is 1. The lowest BCUT2D eigenvalue weighted by Crippen LogP contribution is -2.47. The molecular weight excluding hydrogens is 284 g/mol. The van der Waals surface area contributed by atoms with Crippen LogP contribution in [0.25, 0.3) is 0 Å². The van der Waals surface area contributed by atoms with Crippen molar-refractivity contribution >= 4 is 23.5 Å². The molecule has 110 valence electrons. The highest BCUT2D eigenvalue weighted by atomic mass is 32.2. The third-order valence-corrected chi connectivity index (χ3v) is 4.93. The number of allylic oxidation sites excluding steroid dienone is 1. The van der Waals surface area contributed by atoms with Gasteiger partial charge in [0.25, 0.3) is 0 Å². The van der Waals surface area contributed by atoms with E-state index in [1.54, 1.807) is 0 Å². The second-order valence-corrected chi connectivity index (χ2v) is 6.25. The molecule has 0 aromatic heterocycles. The Labute approximate surface area is 129 Å². The predicted octanol–water partition coefficient (Wildman–Crippen LogP) is 2.72. The van der Waals surface area contributed by atoms with E-state index < -0.39 is 11.3 Å². The van der Waals surface area contributed by atoms with Crippen molar-refractivity contribution in [3.8, 4) is 12.1 Å². The normalized spacial score (nSPS) is 24.0. The summed E-state index contributed by atoms with van der Waals surface area (Å²) in [5, 5.41) is 22.6. The van der Waals surface area contributed by atoms with E-state index in [9.17, 15) is 15.3 Å². The molecule has 1 aliphatic heterocycles. The van der Waals surface area contributed by atoms with Gasteiger partial charge in [0.05, 0.1) is 17.7 Å². The van der Waals surface area contributed by atoms with Gasteiger partial charge in [-0.05, 0) is 19.1 Å². The van der Waals surface area contributed by atoms with Crippen LogP contribution in [-0.4, -0.2) is 18.0 Å². The molecule has 6 heteroatoms. The molecule has 2 aliphatic rings. The lowest BCUT2D eigenvalue weighted by Gasteiger charge is -2.43. The standard InChI is InChI=1S/C15H18N4OS/c1-10(20)18-13-11(8-16)15(6-4-3-5-7-15)12(9-17)14(19-13)21-2/h11H,3-7H2,1-2H3,(H,18,19,20). The number of amides is 1. The monoisotopic (exact) mass is 302 g/mol. The van der Waals surface area contributed by atoms with Crippen molar-refractivity contribution in [3.63, 3.8) is 0 Å². The Morgan fingerprint density at radius 3 is 2.52 bits per heavy atom. The van der Waals surface area contributed by atoms with Gasteiger partial charge in [-0.2, -0.15) is 10.5 Å². The number of rotatable bonds is 1. The summed E-state index contributed by atoms with van der Waals surface area (Å²) in [6.07, 6.45) is 6.59. The van der Waals surface area contributed by atoms with Crippen molar-refractivity contribution in [2.45, 2.75) is 39.0 Å². The molecule has 1 amide bonds. The molecule has 1 aliphatic carbocycles. The van der Waals surface area contributed by atoms with Gasteiger partial charge in [-0.15, -0.1) is 11.8 Å². The molecule has 1 heterocycles. The molecule has 0 radical (unpaired) electrons. The summed E-state index contributed by atoms with van der Waals surface area (Å²) in [6.45, 7) is 1.41. The smallest absolute Gasteiger partial charge is 0.222 e. The van der Waals surface area contributed by atoms with Gasteiger partial charge in [-0.3, -0.25) is 4.79 Å². The zero-order valence-electron chi connectivity index (χ0n) is 12.3. The first-order valence-electron chi connectivity index (χ1n) is 7.03. The summed E-state index contributed by atoms with van der Waals surface area (Å²) < 4.78 is 0. The van der Waals surface area contributed by atoms with E-state index in [2.05, 4.69) is 22.4 Å². The van der Waals surface area contributed by atoms with E-state index in [4.69, 9.17) is 0 Å². The fourth-order valence-electron chi connectivity index (χ4n) is 3.34. The van der Waals surface area contributed by atoms with Gasteiger partial charge in [0.2, 0.25) is 5.91 Å². The van der Waals surface area contributed by atoms with E-state index in [1.165, 1.54) is 18.7 Å². The third kappa shape index (κ3) is 2.69. The number of hydrogen-bond acceptors (Lipinski definition) is 5. The first-order valence-corrected chi connectivity index (χ1v) is 8.26. The highest BCUT2D eigenvalue weighted by molar-refractivity contribution is 8.02. The van der Waals surface area contributed by atoms with E-state index in [1.807, 2.05) is 6.26 Å². The second kappa shape index (κ2) is 6.32. The lowest BCUT2D eigenvalue weighted by molar-refractivity contribution is -0.117. The maximum Gasteiger partial charge on any atom is 0.222 e. The van der Waals surface area contributed by atoms with E-state index in [-0.39, 0.29) is 5.91 Å². The number of hydrogen-bond donors (Lipinski definition) is 1. The molecule has 0 bridgehead atoms. The number of amidine groups is 1. The Morgan fingerprint density at radius 2 is 2.05 bits per heavy atom. The zero-order chi connectivity index (χ0) is 15.5. The van der Waals surface area contributed by atoms with Gasteiger partial charge >= 0.3 is 0 Å². The molecule has 0 aromatic rings. The van der Waals surface area contributed by atoms with Crippen molar-refractivity contribution in [1.29, 1.82) is 10.5 Å². The highest BCUT2D eigenvalue weighted by Crippen LogP contribution is 2.52. The van der Waals surface area contributed by atoms with Gasteiger partial charge in [0, 0.05) is 12.3 Å². The van der Waals surface area contributed by atoms with E-state index in [0.717, 1.165) is 32.1 Å². The molecule has 1 atom stereocenters. The summed E-state index contributed by atoms with van der Waals surface area (Å²) in [6, 6.07) is 4.58. The molecule has 1 spiro atoms. The van der Waals surface area contributed by atoms with Crippen LogP contribution in [0.1, 0.15) is 39.0 Å². The van der Waals surface area contributed by atoms with Crippen LogP contribution in [0, 0.1) is 34.0 Å². The molecule has 1 unspecified atom stereocenters. The Bertz CT molecular complexity index is 588. The number of thioether (sulfide) groups is 1. The molecule has 0 saturated heterocycles. The van der Waals surface area contributed by atoms with E-state index >= 15 is 0 Å². The zero-order valence-corrected chi connectivity index (χ0v) is 13.1. The molecule has 0 aromatic carbocycles. The fraction of sp³-hybridized carbons (Fsp3) is 0.600. The minimum atomic E-state index is -0.549. The number of carbonyl (C=O) groups excluding carboxylic acids is 1. The maximum atomic E-state index is 11.4. The van der Waals surface area contributed by atoms with Gasteiger partial charge in [0.1, 0.15) is 16.8 Å². The average molecular weight is 302 g/mol. The van der Waals surface area contributed by atoms with Gasteiger partial charge in [0.15, 0.2) is 0 Å². The van der Waals surface area contributed by atoms with Crippen LogP contribution < -0.4 is 5.32 Å². The fourth-order valence-corrected chi connectivity index (χ4v) is 3.98. The summed E-state index contributed by atoms with van der Waals surface area (Å²) in [5.41, 5.74) is 0.134. The second-order valence-electron chi connectivity index (χ2n) is 5.45. The Hall–Kier alpha value is -1.79. The predicted molar refractivity (Wildman–Crippen MR) is 82.0 cm³/mol. The SMILES string of the molecule is CSC1=C(C#N)C2(CCCCC2)C(C#N)C(NC(C)=O)=N1. The largest absolute Gasteiger partial charge is 0.313 e. The van der Waals surface area contributed by atoms with Crippen molar-refractivity contribution in [2.75, 3.05) is 6.26 Å². The number of aliphatic imine (C=N–C) groups is 1. The van der Waals surface area contributed by atoms with Crippen LogP contribution in [0.15, 0.2) is 15.6 Å². The summed E-state index contributed by atoms with van der Waals surface area (Å²) in [7, 11) is 0. The third-order valence-electron chi connectivity index (χ3n) is 4.24. The van der Waals surface area contributed by atoms with Crippen LogP contribution in [0.3, 0.4) is 0 Å². The molecule has 5 nitrogen and oxygen atoms in total. The van der Waals surface area contributed by atoms with Crippen molar-refractivity contribution < 1.29 is 4.79 Å². The van der Waals surface area contributed by atoms with Gasteiger partial charge < -0.3 is 5.32 Å². The van der Waals surface area contributed by atoms with Gasteiger partial charge in [-0.1, -0.05) is 19.3 Å². The first kappa shape index (κ1) is 15.6. The lowest BCUT2D eigenvalue weighted by atomic mass is 9.61. The Balaban J connectivity index is 2.58. The number of nitrogens with zero attached hydrogens (tertiary/aromatic N) is 3. The number of carbonyl (C=O) groups is 1. The van der Waals surface area contributed by atoms with Crippen LogP contribution in [-0.2, 0) is 4.79 Å². The summed E-state index contributed by atoms with van der Waals surface area (Å²) in [4.78, 5) is 15.8. The maximum absolute atomic E-state index is 11.4. The van der Waals surface area contributed by atoms with Crippen LogP contribution >= 0.6 is 11.8 Å². The molecular formula is C15H18N4OS. The molecule has 2 rings (SSSR count). The molecule has 1 fully saturated rings. The number of nitriles is 2. The summed E-state index contributed by atoms with van der Waals surface area (Å²) >= 11 is 1.40. The summed E-state index contributed by atoms with van der Waals surface area (Å²) in [5.74, 6) is -0.386.